The molecule has 6 heteroatoms. The molecule has 0 aliphatic rings. The highest BCUT2D eigenvalue weighted by Gasteiger charge is 2.18. The predicted molar refractivity (Wildman–Crippen MR) is 70.4 cm³/mol. The van der Waals surface area contributed by atoms with Gasteiger partial charge in [-0.2, -0.15) is 0 Å². The second-order valence-corrected chi connectivity index (χ2v) is 4.80. The Balaban J connectivity index is 2.38. The lowest BCUT2D eigenvalue weighted by molar-refractivity contribution is 0.541. The van der Waals surface area contributed by atoms with E-state index in [-0.39, 0.29) is 5.82 Å². The third-order valence-corrected chi connectivity index (χ3v) is 3.55. The Bertz CT molecular complexity index is 541. The first kappa shape index (κ1) is 13.2. The van der Waals surface area contributed by atoms with Crippen LogP contribution in [0.5, 0.6) is 0 Å². The highest BCUT2D eigenvalue weighted by atomic mass is 79.9. The van der Waals surface area contributed by atoms with E-state index in [2.05, 4.69) is 33.2 Å². The zero-order valence-electron chi connectivity index (χ0n) is 9.98. The first-order valence-corrected chi connectivity index (χ1v) is 6.52. The second-order valence-electron chi connectivity index (χ2n) is 4.00. The fourth-order valence-electron chi connectivity index (χ4n) is 1.81. The molecule has 0 amide bonds. The van der Waals surface area contributed by atoms with E-state index in [1.807, 2.05) is 0 Å². The molecule has 2 aromatic rings. The number of aromatic nitrogens is 3. The van der Waals surface area contributed by atoms with Gasteiger partial charge in [-0.15, -0.1) is 5.10 Å². The van der Waals surface area contributed by atoms with Crippen LogP contribution in [0.1, 0.15) is 30.6 Å². The number of aryl methyl sites for hydroxylation is 1. The second kappa shape index (κ2) is 5.58. The van der Waals surface area contributed by atoms with Crippen molar-refractivity contribution in [1.82, 2.24) is 15.0 Å². The van der Waals surface area contributed by atoms with E-state index < -0.39 is 6.04 Å². The Hall–Kier alpha value is -1.27. The van der Waals surface area contributed by atoms with Gasteiger partial charge >= 0.3 is 0 Å². The first-order valence-electron chi connectivity index (χ1n) is 5.73. The summed E-state index contributed by atoms with van der Waals surface area (Å²) >= 11 is 3.22. The lowest BCUT2D eigenvalue weighted by Gasteiger charge is -2.15. The number of nitrogens with zero attached hydrogens (tertiary/aromatic N) is 3. The average Bonchev–Trinajstić information content (AvgIpc) is 2.80. The molecule has 1 heterocycles. The summed E-state index contributed by atoms with van der Waals surface area (Å²) in [6.45, 7) is 2.80. The van der Waals surface area contributed by atoms with Crippen LogP contribution in [0.15, 0.2) is 28.9 Å². The number of halogens is 2. The molecule has 0 saturated heterocycles. The summed E-state index contributed by atoms with van der Waals surface area (Å²) < 4.78 is 15.6. The van der Waals surface area contributed by atoms with Crippen molar-refractivity contribution in [3.8, 4) is 0 Å². The van der Waals surface area contributed by atoms with Crippen LogP contribution < -0.4 is 5.73 Å². The first-order chi connectivity index (χ1) is 8.65. The van der Waals surface area contributed by atoms with Gasteiger partial charge in [0.25, 0.3) is 0 Å². The van der Waals surface area contributed by atoms with Crippen molar-refractivity contribution in [3.05, 3.63) is 45.9 Å². The van der Waals surface area contributed by atoms with E-state index in [4.69, 9.17) is 5.73 Å². The van der Waals surface area contributed by atoms with Crippen molar-refractivity contribution >= 4 is 15.9 Å². The summed E-state index contributed by atoms with van der Waals surface area (Å²) in [6.07, 6.45) is 2.56. The quantitative estimate of drug-likeness (QED) is 0.944. The summed E-state index contributed by atoms with van der Waals surface area (Å²) in [5, 5.41) is 7.85. The molecule has 0 aliphatic carbocycles. The van der Waals surface area contributed by atoms with Crippen LogP contribution in [-0.4, -0.2) is 15.0 Å². The third-order valence-electron chi connectivity index (χ3n) is 2.72. The maximum atomic E-state index is 13.5. The van der Waals surface area contributed by atoms with Crippen LogP contribution >= 0.6 is 15.9 Å². The number of hydrogen-bond acceptors (Lipinski definition) is 3. The SMILES string of the molecule is CCCn1nncc1C(N)c1cccc(F)c1Br. The minimum absolute atomic E-state index is 0.322. The van der Waals surface area contributed by atoms with Crippen LogP contribution in [-0.2, 0) is 6.54 Å². The van der Waals surface area contributed by atoms with Crippen LogP contribution in [0.3, 0.4) is 0 Å². The van der Waals surface area contributed by atoms with Crippen LogP contribution in [0.2, 0.25) is 0 Å². The van der Waals surface area contributed by atoms with Crippen molar-refractivity contribution in [1.29, 1.82) is 0 Å². The Kier molecular flexibility index (Phi) is 4.08. The minimum atomic E-state index is -0.448. The molecule has 0 aliphatic heterocycles. The Morgan fingerprint density at radius 1 is 1.50 bits per heavy atom. The molecule has 4 nitrogen and oxygen atoms in total. The molecule has 0 fully saturated rings. The van der Waals surface area contributed by atoms with Crippen molar-refractivity contribution in [2.45, 2.75) is 25.9 Å². The van der Waals surface area contributed by atoms with E-state index in [9.17, 15) is 4.39 Å². The zero-order chi connectivity index (χ0) is 13.1. The summed E-state index contributed by atoms with van der Waals surface area (Å²) in [4.78, 5) is 0. The summed E-state index contributed by atoms with van der Waals surface area (Å²) in [5.41, 5.74) is 7.63. The molecule has 96 valence electrons. The van der Waals surface area contributed by atoms with E-state index in [0.29, 0.717) is 10.0 Å². The minimum Gasteiger partial charge on any atom is -0.319 e. The average molecular weight is 313 g/mol. The van der Waals surface area contributed by atoms with E-state index in [0.717, 1.165) is 18.7 Å². The predicted octanol–water partition coefficient (Wildman–Crippen LogP) is 2.64. The van der Waals surface area contributed by atoms with Gasteiger partial charge in [-0.05, 0) is 34.0 Å². The normalized spacial score (nSPS) is 12.7. The number of hydrogen-bond donors (Lipinski definition) is 1. The van der Waals surface area contributed by atoms with Crippen molar-refractivity contribution in [2.75, 3.05) is 0 Å². The molecule has 0 radical (unpaired) electrons. The summed E-state index contributed by atoms with van der Waals surface area (Å²) in [7, 11) is 0. The monoisotopic (exact) mass is 312 g/mol. The number of nitrogens with two attached hydrogens (primary N) is 1. The largest absolute Gasteiger partial charge is 0.319 e. The number of benzene rings is 1. The highest BCUT2D eigenvalue weighted by Crippen LogP contribution is 2.28. The van der Waals surface area contributed by atoms with E-state index >= 15 is 0 Å². The van der Waals surface area contributed by atoms with Gasteiger partial charge in [0.2, 0.25) is 0 Å². The molecule has 2 rings (SSSR count). The van der Waals surface area contributed by atoms with Crippen molar-refractivity contribution in [2.24, 2.45) is 5.73 Å². The highest BCUT2D eigenvalue weighted by molar-refractivity contribution is 9.10. The summed E-state index contributed by atoms with van der Waals surface area (Å²) in [6, 6.07) is 4.38. The standard InChI is InChI=1S/C12H14BrFN4/c1-2-6-18-10(7-16-17-18)12(15)8-4-3-5-9(14)11(8)13/h3-5,7,12H,2,6,15H2,1H3. The maximum Gasteiger partial charge on any atom is 0.137 e. The van der Waals surface area contributed by atoms with Crippen LogP contribution in [0.25, 0.3) is 0 Å². The third kappa shape index (κ3) is 2.44. The fourth-order valence-corrected chi connectivity index (χ4v) is 2.32. The van der Waals surface area contributed by atoms with Gasteiger partial charge < -0.3 is 5.73 Å². The van der Waals surface area contributed by atoms with Crippen LogP contribution in [0, 0.1) is 5.82 Å². The van der Waals surface area contributed by atoms with Gasteiger partial charge in [0.05, 0.1) is 22.4 Å². The Labute approximate surface area is 113 Å². The fraction of sp³-hybridized carbons (Fsp3) is 0.333. The molecule has 0 spiro atoms. The van der Waals surface area contributed by atoms with Gasteiger partial charge in [0, 0.05) is 6.54 Å². The Morgan fingerprint density at radius 3 is 3.00 bits per heavy atom. The van der Waals surface area contributed by atoms with Gasteiger partial charge in [-0.25, -0.2) is 9.07 Å². The number of rotatable bonds is 4. The molecule has 0 bridgehead atoms. The van der Waals surface area contributed by atoms with Gasteiger partial charge in [0.1, 0.15) is 5.82 Å². The lowest BCUT2D eigenvalue weighted by atomic mass is 10.0. The maximum absolute atomic E-state index is 13.5. The molecule has 1 atom stereocenters. The van der Waals surface area contributed by atoms with Gasteiger partial charge in [-0.1, -0.05) is 24.3 Å². The molecule has 1 unspecified atom stereocenters. The zero-order valence-corrected chi connectivity index (χ0v) is 11.6. The molecule has 2 N–H and O–H groups in total. The smallest absolute Gasteiger partial charge is 0.137 e. The van der Waals surface area contributed by atoms with Crippen LogP contribution in [0.4, 0.5) is 4.39 Å². The Morgan fingerprint density at radius 2 is 2.28 bits per heavy atom. The van der Waals surface area contributed by atoms with Gasteiger partial charge in [-0.3, -0.25) is 0 Å². The lowest BCUT2D eigenvalue weighted by Crippen LogP contribution is -2.18. The van der Waals surface area contributed by atoms with Gasteiger partial charge in [0.15, 0.2) is 0 Å². The molecule has 1 aromatic heterocycles. The molecule has 18 heavy (non-hydrogen) atoms. The molecular weight excluding hydrogens is 299 g/mol. The van der Waals surface area contributed by atoms with E-state index in [1.54, 1.807) is 23.0 Å². The summed E-state index contributed by atoms with van der Waals surface area (Å²) in [5.74, 6) is -0.322. The molecule has 0 saturated carbocycles. The molecular formula is C12H14BrFN4. The van der Waals surface area contributed by atoms with E-state index in [1.165, 1.54) is 6.07 Å². The van der Waals surface area contributed by atoms with Crippen molar-refractivity contribution < 1.29 is 4.39 Å². The van der Waals surface area contributed by atoms with Crippen molar-refractivity contribution in [3.63, 3.8) is 0 Å². The molecule has 1 aromatic carbocycles. The topological polar surface area (TPSA) is 56.7 Å².